The van der Waals surface area contributed by atoms with Crippen molar-refractivity contribution >= 4 is 10.9 Å². The molecule has 3 rings (SSSR count). The molecule has 0 fully saturated rings. The number of hydrogen-bond donors (Lipinski definition) is 2. The van der Waals surface area contributed by atoms with E-state index >= 15 is 0 Å². The number of para-hydroxylation sites is 1. The standard InChI is InChI=1S/C15H14N2O/c1-9-4-3-5-11-12(8-16-15(9)11)13-6-7-14(18)10(2)17-13/h3-8,16,18H,1-2H3. The summed E-state index contributed by atoms with van der Waals surface area (Å²) in [6.45, 7) is 3.89. The predicted octanol–water partition coefficient (Wildman–Crippen LogP) is 3.55. The van der Waals surface area contributed by atoms with Crippen LogP contribution in [0.2, 0.25) is 0 Å². The van der Waals surface area contributed by atoms with Crippen molar-refractivity contribution in [1.82, 2.24) is 9.97 Å². The molecular formula is C15H14N2O. The number of benzene rings is 1. The number of hydrogen-bond acceptors (Lipinski definition) is 2. The second-order valence-corrected chi connectivity index (χ2v) is 4.50. The molecule has 0 bridgehead atoms. The van der Waals surface area contributed by atoms with Crippen molar-refractivity contribution in [2.24, 2.45) is 0 Å². The fourth-order valence-corrected chi connectivity index (χ4v) is 2.22. The second-order valence-electron chi connectivity index (χ2n) is 4.50. The van der Waals surface area contributed by atoms with Crippen LogP contribution in [0.1, 0.15) is 11.3 Å². The van der Waals surface area contributed by atoms with Crippen LogP contribution in [0.15, 0.2) is 36.5 Å². The Labute approximate surface area is 105 Å². The van der Waals surface area contributed by atoms with Gasteiger partial charge in [-0.15, -0.1) is 0 Å². The summed E-state index contributed by atoms with van der Waals surface area (Å²) in [7, 11) is 0. The number of aromatic hydroxyl groups is 1. The van der Waals surface area contributed by atoms with Crippen molar-refractivity contribution in [2.75, 3.05) is 0 Å². The van der Waals surface area contributed by atoms with E-state index in [4.69, 9.17) is 0 Å². The zero-order valence-electron chi connectivity index (χ0n) is 10.4. The first-order valence-corrected chi connectivity index (χ1v) is 5.90. The second kappa shape index (κ2) is 3.88. The van der Waals surface area contributed by atoms with E-state index in [1.54, 1.807) is 13.0 Å². The third kappa shape index (κ3) is 1.56. The van der Waals surface area contributed by atoms with Crippen molar-refractivity contribution in [3.63, 3.8) is 0 Å². The lowest BCUT2D eigenvalue weighted by molar-refractivity contribution is 0.468. The molecule has 2 heterocycles. The van der Waals surface area contributed by atoms with E-state index < -0.39 is 0 Å². The topological polar surface area (TPSA) is 48.9 Å². The van der Waals surface area contributed by atoms with Gasteiger partial charge in [0.1, 0.15) is 5.75 Å². The van der Waals surface area contributed by atoms with E-state index in [-0.39, 0.29) is 5.75 Å². The summed E-state index contributed by atoms with van der Waals surface area (Å²) < 4.78 is 0. The van der Waals surface area contributed by atoms with Gasteiger partial charge in [-0.05, 0) is 31.5 Å². The van der Waals surface area contributed by atoms with Gasteiger partial charge in [0.25, 0.3) is 0 Å². The van der Waals surface area contributed by atoms with E-state index in [1.807, 2.05) is 18.3 Å². The monoisotopic (exact) mass is 238 g/mol. The van der Waals surface area contributed by atoms with Gasteiger partial charge in [-0.1, -0.05) is 18.2 Å². The zero-order chi connectivity index (χ0) is 12.7. The van der Waals surface area contributed by atoms with Crippen LogP contribution in [0.5, 0.6) is 5.75 Å². The van der Waals surface area contributed by atoms with Crippen LogP contribution in [-0.4, -0.2) is 15.1 Å². The van der Waals surface area contributed by atoms with E-state index in [2.05, 4.69) is 29.0 Å². The molecule has 0 amide bonds. The summed E-state index contributed by atoms with van der Waals surface area (Å²) in [5, 5.41) is 10.7. The summed E-state index contributed by atoms with van der Waals surface area (Å²) in [5.74, 6) is 0.231. The summed E-state index contributed by atoms with van der Waals surface area (Å²) in [6, 6.07) is 9.73. The Balaban J connectivity index is 2.25. The quantitative estimate of drug-likeness (QED) is 0.681. The SMILES string of the molecule is Cc1nc(-c2c[nH]c3c(C)cccc23)ccc1O. The van der Waals surface area contributed by atoms with Gasteiger partial charge in [-0.25, -0.2) is 4.98 Å². The van der Waals surface area contributed by atoms with Crippen molar-refractivity contribution in [3.8, 4) is 17.0 Å². The molecule has 0 unspecified atom stereocenters. The average Bonchev–Trinajstić information content (AvgIpc) is 2.78. The number of nitrogens with one attached hydrogen (secondary N) is 1. The predicted molar refractivity (Wildman–Crippen MR) is 72.7 cm³/mol. The molecule has 2 aromatic heterocycles. The highest BCUT2D eigenvalue weighted by Crippen LogP contribution is 2.30. The number of aryl methyl sites for hydroxylation is 2. The largest absolute Gasteiger partial charge is 0.506 e. The number of rotatable bonds is 1. The lowest BCUT2D eigenvalue weighted by atomic mass is 10.1. The van der Waals surface area contributed by atoms with Gasteiger partial charge < -0.3 is 10.1 Å². The van der Waals surface area contributed by atoms with Crippen LogP contribution in [0, 0.1) is 13.8 Å². The normalized spacial score (nSPS) is 11.0. The summed E-state index contributed by atoms with van der Waals surface area (Å²) in [4.78, 5) is 7.71. The molecule has 3 nitrogen and oxygen atoms in total. The molecule has 3 aromatic rings. The first-order valence-electron chi connectivity index (χ1n) is 5.90. The van der Waals surface area contributed by atoms with E-state index in [0.29, 0.717) is 5.69 Å². The Morgan fingerprint density at radius 3 is 2.72 bits per heavy atom. The highest BCUT2D eigenvalue weighted by molar-refractivity contribution is 5.96. The molecule has 1 aromatic carbocycles. The number of aromatic nitrogens is 2. The Hall–Kier alpha value is -2.29. The van der Waals surface area contributed by atoms with Crippen LogP contribution in [0.25, 0.3) is 22.2 Å². The van der Waals surface area contributed by atoms with E-state index in [0.717, 1.165) is 22.2 Å². The molecule has 0 spiro atoms. The van der Waals surface area contributed by atoms with Gasteiger partial charge in [-0.2, -0.15) is 0 Å². The zero-order valence-corrected chi connectivity index (χ0v) is 10.4. The van der Waals surface area contributed by atoms with Crippen LogP contribution < -0.4 is 0 Å². The average molecular weight is 238 g/mol. The minimum atomic E-state index is 0.231. The van der Waals surface area contributed by atoms with Crippen LogP contribution in [-0.2, 0) is 0 Å². The van der Waals surface area contributed by atoms with Crippen LogP contribution in [0.3, 0.4) is 0 Å². The van der Waals surface area contributed by atoms with Gasteiger partial charge in [-0.3, -0.25) is 0 Å². The summed E-state index contributed by atoms with van der Waals surface area (Å²) in [6.07, 6.45) is 1.97. The fourth-order valence-electron chi connectivity index (χ4n) is 2.22. The molecule has 18 heavy (non-hydrogen) atoms. The van der Waals surface area contributed by atoms with Gasteiger partial charge in [0.2, 0.25) is 0 Å². The van der Waals surface area contributed by atoms with Crippen molar-refractivity contribution in [1.29, 1.82) is 0 Å². The van der Waals surface area contributed by atoms with Crippen LogP contribution in [0.4, 0.5) is 0 Å². The molecule has 0 saturated carbocycles. The third-order valence-corrected chi connectivity index (χ3v) is 3.26. The first kappa shape index (κ1) is 10.8. The molecular weight excluding hydrogens is 224 g/mol. The molecule has 90 valence electrons. The Morgan fingerprint density at radius 2 is 1.94 bits per heavy atom. The minimum Gasteiger partial charge on any atom is -0.506 e. The van der Waals surface area contributed by atoms with Gasteiger partial charge in [0.05, 0.1) is 11.4 Å². The molecule has 0 aliphatic heterocycles. The molecule has 0 atom stereocenters. The Morgan fingerprint density at radius 1 is 1.11 bits per heavy atom. The summed E-state index contributed by atoms with van der Waals surface area (Å²) in [5.41, 5.74) is 4.95. The maximum Gasteiger partial charge on any atom is 0.136 e. The maximum atomic E-state index is 9.53. The third-order valence-electron chi connectivity index (χ3n) is 3.26. The molecule has 3 heteroatoms. The Kier molecular flexibility index (Phi) is 2.33. The number of pyridine rings is 1. The number of fused-ring (bicyclic) bond motifs is 1. The van der Waals surface area contributed by atoms with Crippen molar-refractivity contribution in [2.45, 2.75) is 13.8 Å². The first-order chi connectivity index (χ1) is 8.66. The molecule has 0 aliphatic carbocycles. The lowest BCUT2D eigenvalue weighted by Crippen LogP contribution is -1.86. The highest BCUT2D eigenvalue weighted by Gasteiger charge is 2.09. The number of aromatic amines is 1. The van der Waals surface area contributed by atoms with Crippen LogP contribution >= 0.6 is 0 Å². The lowest BCUT2D eigenvalue weighted by Gasteiger charge is -2.03. The molecule has 0 aliphatic rings. The summed E-state index contributed by atoms with van der Waals surface area (Å²) >= 11 is 0. The molecule has 2 N–H and O–H groups in total. The molecule has 0 saturated heterocycles. The van der Waals surface area contributed by atoms with Crippen molar-refractivity contribution < 1.29 is 5.11 Å². The smallest absolute Gasteiger partial charge is 0.136 e. The minimum absolute atomic E-state index is 0.231. The van der Waals surface area contributed by atoms with E-state index in [9.17, 15) is 5.11 Å². The van der Waals surface area contributed by atoms with Crippen molar-refractivity contribution in [3.05, 3.63) is 47.8 Å². The maximum absolute atomic E-state index is 9.53. The fraction of sp³-hybridized carbons (Fsp3) is 0.133. The van der Waals surface area contributed by atoms with Gasteiger partial charge in [0, 0.05) is 22.7 Å². The van der Waals surface area contributed by atoms with Gasteiger partial charge >= 0.3 is 0 Å². The number of nitrogens with zero attached hydrogens (tertiary/aromatic N) is 1. The number of H-pyrrole nitrogens is 1. The Bertz CT molecular complexity index is 728. The van der Waals surface area contributed by atoms with Gasteiger partial charge in [0.15, 0.2) is 0 Å². The molecule has 0 radical (unpaired) electrons. The van der Waals surface area contributed by atoms with E-state index in [1.165, 1.54) is 5.56 Å². The highest BCUT2D eigenvalue weighted by atomic mass is 16.3.